The number of halogens is 1. The van der Waals surface area contributed by atoms with Gasteiger partial charge in [0.15, 0.2) is 0 Å². The Bertz CT molecular complexity index is 485. The maximum atomic E-state index is 12.2. The third kappa shape index (κ3) is 3.33. The van der Waals surface area contributed by atoms with Gasteiger partial charge >= 0.3 is 0 Å². The molecule has 20 heavy (non-hydrogen) atoms. The summed E-state index contributed by atoms with van der Waals surface area (Å²) >= 11 is 3.34. The van der Waals surface area contributed by atoms with Gasteiger partial charge in [-0.05, 0) is 40.9 Å². The van der Waals surface area contributed by atoms with Gasteiger partial charge in [-0.25, -0.2) is 0 Å². The molecule has 5 heteroatoms. The van der Waals surface area contributed by atoms with Crippen LogP contribution in [0.4, 0.5) is 5.69 Å². The molecule has 0 radical (unpaired) electrons. The molecule has 0 atom stereocenters. The summed E-state index contributed by atoms with van der Waals surface area (Å²) in [6, 6.07) is 5.25. The van der Waals surface area contributed by atoms with Gasteiger partial charge in [0.25, 0.3) is 5.91 Å². The fraction of sp³-hybridized carbons (Fsp3) is 0.533. The predicted molar refractivity (Wildman–Crippen MR) is 83.5 cm³/mol. The van der Waals surface area contributed by atoms with E-state index in [0.717, 1.165) is 25.7 Å². The first-order chi connectivity index (χ1) is 9.58. The van der Waals surface area contributed by atoms with Crippen LogP contribution in [0.25, 0.3) is 0 Å². The summed E-state index contributed by atoms with van der Waals surface area (Å²) in [5, 5.41) is 12.6. The molecular weight excluding hydrogens is 320 g/mol. The highest BCUT2D eigenvalue weighted by atomic mass is 79.9. The van der Waals surface area contributed by atoms with Crippen LogP contribution in [-0.2, 0) is 0 Å². The fourth-order valence-electron chi connectivity index (χ4n) is 2.78. The van der Waals surface area contributed by atoms with Crippen LogP contribution in [0.15, 0.2) is 22.7 Å². The smallest absolute Gasteiger partial charge is 0.252 e. The Labute approximate surface area is 127 Å². The van der Waals surface area contributed by atoms with Gasteiger partial charge in [0.2, 0.25) is 0 Å². The van der Waals surface area contributed by atoms with Crippen LogP contribution >= 0.6 is 15.9 Å². The van der Waals surface area contributed by atoms with Gasteiger partial charge in [0, 0.05) is 17.6 Å². The molecule has 1 fully saturated rings. The van der Waals surface area contributed by atoms with E-state index in [9.17, 15) is 9.90 Å². The third-order valence-electron chi connectivity index (χ3n) is 4.15. The van der Waals surface area contributed by atoms with Gasteiger partial charge in [-0.3, -0.25) is 4.79 Å². The number of hydrogen-bond donors (Lipinski definition) is 3. The van der Waals surface area contributed by atoms with E-state index >= 15 is 0 Å². The summed E-state index contributed by atoms with van der Waals surface area (Å²) in [7, 11) is 0. The lowest BCUT2D eigenvalue weighted by molar-refractivity contribution is 0.0717. The van der Waals surface area contributed by atoms with Crippen molar-refractivity contribution in [2.45, 2.75) is 32.1 Å². The van der Waals surface area contributed by atoms with E-state index < -0.39 is 0 Å². The first-order valence-electron chi connectivity index (χ1n) is 7.01. The van der Waals surface area contributed by atoms with E-state index in [1.54, 1.807) is 18.2 Å². The lowest BCUT2D eigenvalue weighted by Crippen LogP contribution is -2.41. The second kappa shape index (κ2) is 6.59. The van der Waals surface area contributed by atoms with Crippen molar-refractivity contribution >= 4 is 27.5 Å². The second-order valence-corrected chi connectivity index (χ2v) is 6.40. The number of nitrogen functional groups attached to an aromatic ring is 1. The first-order valence-corrected chi connectivity index (χ1v) is 7.80. The molecule has 0 spiro atoms. The number of rotatable bonds is 4. The number of benzene rings is 1. The van der Waals surface area contributed by atoms with E-state index in [-0.39, 0.29) is 17.9 Å². The maximum absolute atomic E-state index is 12.2. The zero-order valence-electron chi connectivity index (χ0n) is 11.5. The quantitative estimate of drug-likeness (QED) is 0.737. The molecule has 0 unspecified atom stereocenters. The number of anilines is 1. The molecule has 0 heterocycles. The Hall–Kier alpha value is -1.07. The Morgan fingerprint density at radius 1 is 1.35 bits per heavy atom. The molecule has 4 N–H and O–H groups in total. The van der Waals surface area contributed by atoms with Crippen molar-refractivity contribution in [2.75, 3.05) is 18.9 Å². The van der Waals surface area contributed by atoms with Gasteiger partial charge in [-0.2, -0.15) is 0 Å². The Morgan fingerprint density at radius 3 is 2.70 bits per heavy atom. The SMILES string of the molecule is Nc1cccc(C(=O)NCC2(CO)CCCCC2)c1Br. The van der Waals surface area contributed by atoms with Crippen LogP contribution in [0.3, 0.4) is 0 Å². The number of hydrogen-bond acceptors (Lipinski definition) is 3. The minimum Gasteiger partial charge on any atom is -0.398 e. The van der Waals surface area contributed by atoms with Crippen molar-refractivity contribution in [1.29, 1.82) is 0 Å². The Balaban J connectivity index is 2.02. The molecule has 0 bridgehead atoms. The highest BCUT2D eigenvalue weighted by Crippen LogP contribution is 2.35. The van der Waals surface area contributed by atoms with Crippen molar-refractivity contribution in [3.05, 3.63) is 28.2 Å². The number of aliphatic hydroxyl groups excluding tert-OH is 1. The molecule has 0 saturated heterocycles. The predicted octanol–water partition coefficient (Wildman–Crippen LogP) is 2.70. The van der Waals surface area contributed by atoms with Crippen molar-refractivity contribution in [2.24, 2.45) is 5.41 Å². The van der Waals surface area contributed by atoms with Gasteiger partial charge < -0.3 is 16.2 Å². The molecule has 0 aromatic heterocycles. The highest BCUT2D eigenvalue weighted by molar-refractivity contribution is 9.10. The lowest BCUT2D eigenvalue weighted by atomic mass is 9.74. The number of nitrogens with two attached hydrogens (primary N) is 1. The molecule has 2 rings (SSSR count). The van der Waals surface area contributed by atoms with E-state index in [0.29, 0.717) is 22.3 Å². The van der Waals surface area contributed by atoms with Crippen molar-refractivity contribution < 1.29 is 9.90 Å². The topological polar surface area (TPSA) is 75.4 Å². The third-order valence-corrected chi connectivity index (χ3v) is 5.03. The standard InChI is InChI=1S/C15H21BrN2O2/c16-13-11(5-4-6-12(13)17)14(20)18-9-15(10-19)7-2-1-3-8-15/h4-6,19H,1-3,7-10,17H2,(H,18,20). The minimum absolute atomic E-state index is 0.130. The first kappa shape index (κ1) is 15.3. The summed E-state index contributed by atoms with van der Waals surface area (Å²) in [6.07, 6.45) is 5.41. The Morgan fingerprint density at radius 2 is 2.05 bits per heavy atom. The second-order valence-electron chi connectivity index (χ2n) is 5.61. The molecule has 1 aliphatic rings. The summed E-state index contributed by atoms with van der Waals surface area (Å²) in [4.78, 5) is 12.2. The number of nitrogens with one attached hydrogen (secondary N) is 1. The zero-order valence-corrected chi connectivity index (χ0v) is 13.1. The summed E-state index contributed by atoms with van der Waals surface area (Å²) in [5.74, 6) is -0.150. The number of amides is 1. The summed E-state index contributed by atoms with van der Waals surface area (Å²) in [5.41, 5.74) is 6.71. The summed E-state index contributed by atoms with van der Waals surface area (Å²) < 4.78 is 0.624. The fourth-order valence-corrected chi connectivity index (χ4v) is 3.23. The van der Waals surface area contributed by atoms with Crippen molar-refractivity contribution in [1.82, 2.24) is 5.32 Å². The monoisotopic (exact) mass is 340 g/mol. The molecule has 1 saturated carbocycles. The van der Waals surface area contributed by atoms with E-state index in [4.69, 9.17) is 5.73 Å². The molecule has 4 nitrogen and oxygen atoms in total. The highest BCUT2D eigenvalue weighted by Gasteiger charge is 2.31. The molecule has 0 aliphatic heterocycles. The van der Waals surface area contributed by atoms with E-state index in [2.05, 4.69) is 21.2 Å². The van der Waals surface area contributed by atoms with Crippen molar-refractivity contribution in [3.63, 3.8) is 0 Å². The molecule has 110 valence electrons. The molecular formula is C15H21BrN2O2. The normalized spacial score (nSPS) is 17.7. The molecule has 1 aromatic carbocycles. The van der Waals surface area contributed by atoms with Crippen LogP contribution in [-0.4, -0.2) is 24.2 Å². The van der Waals surface area contributed by atoms with Crippen LogP contribution in [0, 0.1) is 5.41 Å². The number of carbonyl (C=O) groups is 1. The number of aliphatic hydroxyl groups is 1. The Kier molecular flexibility index (Phi) is 5.05. The number of carbonyl (C=O) groups excluding carboxylic acids is 1. The maximum Gasteiger partial charge on any atom is 0.252 e. The van der Waals surface area contributed by atoms with Gasteiger partial charge in [0.1, 0.15) is 0 Å². The van der Waals surface area contributed by atoms with Gasteiger partial charge in [0.05, 0.1) is 16.6 Å². The van der Waals surface area contributed by atoms with E-state index in [1.807, 2.05) is 0 Å². The van der Waals surface area contributed by atoms with Crippen LogP contribution in [0.5, 0.6) is 0 Å². The lowest BCUT2D eigenvalue weighted by Gasteiger charge is -2.35. The average molecular weight is 341 g/mol. The average Bonchev–Trinajstić information content (AvgIpc) is 2.48. The summed E-state index contributed by atoms with van der Waals surface area (Å²) in [6.45, 7) is 0.648. The van der Waals surface area contributed by atoms with Crippen LogP contribution in [0.2, 0.25) is 0 Å². The van der Waals surface area contributed by atoms with Crippen LogP contribution in [0.1, 0.15) is 42.5 Å². The molecule has 1 aromatic rings. The van der Waals surface area contributed by atoms with Crippen LogP contribution < -0.4 is 11.1 Å². The van der Waals surface area contributed by atoms with E-state index in [1.165, 1.54) is 6.42 Å². The molecule has 1 aliphatic carbocycles. The minimum atomic E-state index is -0.152. The zero-order chi connectivity index (χ0) is 14.6. The van der Waals surface area contributed by atoms with Gasteiger partial charge in [-0.1, -0.05) is 25.3 Å². The van der Waals surface area contributed by atoms with Gasteiger partial charge in [-0.15, -0.1) is 0 Å². The molecule has 1 amide bonds. The largest absolute Gasteiger partial charge is 0.398 e. The van der Waals surface area contributed by atoms with Crippen molar-refractivity contribution in [3.8, 4) is 0 Å².